The zero-order chi connectivity index (χ0) is 13.7. The molecule has 0 amide bonds. The number of aryl methyl sites for hydroxylation is 1. The van der Waals surface area contributed by atoms with Gasteiger partial charge in [-0.2, -0.15) is 0 Å². The Morgan fingerprint density at radius 3 is 2.06 bits per heavy atom. The average Bonchev–Trinajstić information content (AvgIpc) is 2.28. The van der Waals surface area contributed by atoms with Crippen molar-refractivity contribution < 1.29 is 14.3 Å². The van der Waals surface area contributed by atoms with Crippen LogP contribution in [0.15, 0.2) is 35.7 Å². The molecule has 1 rings (SSSR count). The van der Waals surface area contributed by atoms with Crippen molar-refractivity contribution in [1.82, 2.24) is 0 Å². The minimum absolute atomic E-state index is 0.0445. The van der Waals surface area contributed by atoms with E-state index in [0.29, 0.717) is 5.70 Å². The molecule has 4 nitrogen and oxygen atoms in total. The van der Waals surface area contributed by atoms with Crippen molar-refractivity contribution >= 4 is 17.4 Å². The van der Waals surface area contributed by atoms with Crippen LogP contribution in [0, 0.1) is 6.92 Å². The zero-order valence-corrected chi connectivity index (χ0v) is 11.0. The van der Waals surface area contributed by atoms with Crippen LogP contribution in [0.3, 0.4) is 0 Å². The highest BCUT2D eigenvalue weighted by atomic mass is 16.5. The largest absolute Gasteiger partial charge is 0.421 e. The van der Waals surface area contributed by atoms with Crippen LogP contribution in [0.25, 0.3) is 0 Å². The fraction of sp³-hybridized carbons (Fsp3) is 0.286. The molecule has 0 unspecified atom stereocenters. The summed E-state index contributed by atoms with van der Waals surface area (Å²) in [7, 11) is 0. The number of ether oxygens (including phenoxy) is 1. The summed E-state index contributed by atoms with van der Waals surface area (Å²) in [4.78, 5) is 22.3. The van der Waals surface area contributed by atoms with Crippen LogP contribution >= 0.6 is 0 Å². The summed E-state index contributed by atoms with van der Waals surface area (Å²) in [6, 6.07) is 7.69. The van der Waals surface area contributed by atoms with Crippen LogP contribution in [0.5, 0.6) is 0 Å². The van der Waals surface area contributed by atoms with E-state index in [9.17, 15) is 9.59 Å². The lowest BCUT2D eigenvalue weighted by Crippen LogP contribution is -2.12. The lowest BCUT2D eigenvalue weighted by molar-refractivity contribution is -0.140. The normalized spacial score (nSPS) is 11.6. The molecule has 0 saturated heterocycles. The van der Waals surface area contributed by atoms with Gasteiger partial charge in [-0.1, -0.05) is 17.7 Å². The smallest absolute Gasteiger partial charge is 0.308 e. The number of hydrogen-bond donors (Lipinski definition) is 1. The molecule has 0 radical (unpaired) electrons. The fourth-order valence-electron chi connectivity index (χ4n) is 1.47. The Morgan fingerprint density at radius 1 is 1.06 bits per heavy atom. The average molecular weight is 247 g/mol. The topological polar surface area (TPSA) is 55.4 Å². The Balaban J connectivity index is 2.94. The molecule has 1 N–H and O–H groups in total. The molecular formula is C14H17NO3. The van der Waals surface area contributed by atoms with E-state index in [1.165, 1.54) is 13.8 Å². The summed E-state index contributed by atoms with van der Waals surface area (Å²) in [5.74, 6) is -0.754. The van der Waals surface area contributed by atoms with E-state index in [1.54, 1.807) is 6.92 Å². The molecule has 0 atom stereocenters. The third-order valence-electron chi connectivity index (χ3n) is 2.29. The highest BCUT2D eigenvalue weighted by molar-refractivity contribution is 5.94. The standard InChI is InChI=1S/C14H17NO3/c1-9-5-7-13(8-6-9)15-10(2)14(11(3)16)18-12(4)17/h5-8,15H,1-4H3/b14-10+. The number of ketones is 1. The summed E-state index contributed by atoms with van der Waals surface area (Å²) in [5, 5.41) is 3.04. The van der Waals surface area contributed by atoms with Gasteiger partial charge in [-0.25, -0.2) is 0 Å². The maximum absolute atomic E-state index is 11.4. The molecule has 0 aromatic heterocycles. The number of carbonyl (C=O) groups is 2. The first-order valence-electron chi connectivity index (χ1n) is 5.64. The number of esters is 1. The first-order valence-corrected chi connectivity index (χ1v) is 5.64. The monoisotopic (exact) mass is 247 g/mol. The van der Waals surface area contributed by atoms with Gasteiger partial charge >= 0.3 is 5.97 Å². The molecule has 4 heteroatoms. The second-order valence-electron chi connectivity index (χ2n) is 4.09. The van der Waals surface area contributed by atoms with Crippen molar-refractivity contribution in [1.29, 1.82) is 0 Å². The molecule has 0 bridgehead atoms. The minimum Gasteiger partial charge on any atom is -0.421 e. The van der Waals surface area contributed by atoms with E-state index < -0.39 is 5.97 Å². The summed E-state index contributed by atoms with van der Waals surface area (Å²) in [5.41, 5.74) is 2.50. The maximum Gasteiger partial charge on any atom is 0.308 e. The van der Waals surface area contributed by atoms with Crippen LogP contribution in [0.4, 0.5) is 5.69 Å². The van der Waals surface area contributed by atoms with E-state index in [0.717, 1.165) is 11.3 Å². The van der Waals surface area contributed by atoms with Gasteiger partial charge in [-0.05, 0) is 26.0 Å². The number of benzene rings is 1. The van der Waals surface area contributed by atoms with Crippen molar-refractivity contribution in [3.63, 3.8) is 0 Å². The number of carbonyl (C=O) groups excluding carboxylic acids is 2. The van der Waals surface area contributed by atoms with Crippen molar-refractivity contribution in [3.8, 4) is 0 Å². The summed E-state index contributed by atoms with van der Waals surface area (Å²) >= 11 is 0. The Kier molecular flexibility index (Phi) is 4.66. The van der Waals surface area contributed by atoms with Gasteiger partial charge in [0.15, 0.2) is 11.5 Å². The van der Waals surface area contributed by atoms with Gasteiger partial charge in [0.1, 0.15) is 0 Å². The van der Waals surface area contributed by atoms with Gasteiger partial charge in [0.2, 0.25) is 0 Å². The van der Waals surface area contributed by atoms with Crippen LogP contribution < -0.4 is 5.32 Å². The maximum atomic E-state index is 11.4. The van der Waals surface area contributed by atoms with Crippen LogP contribution in [0.2, 0.25) is 0 Å². The third kappa shape index (κ3) is 4.05. The Bertz CT molecular complexity index is 486. The first-order chi connectivity index (χ1) is 8.40. The summed E-state index contributed by atoms with van der Waals surface area (Å²) < 4.78 is 4.90. The van der Waals surface area contributed by atoms with Crippen molar-refractivity contribution in [3.05, 3.63) is 41.3 Å². The molecule has 1 aromatic carbocycles. The highest BCUT2D eigenvalue weighted by Crippen LogP contribution is 2.14. The molecule has 96 valence electrons. The SMILES string of the molecule is CC(=O)O/C(C(C)=O)=C(\C)Nc1ccc(C)cc1. The number of anilines is 1. The predicted molar refractivity (Wildman–Crippen MR) is 69.9 cm³/mol. The molecule has 1 aromatic rings. The van der Waals surface area contributed by atoms with Crippen molar-refractivity contribution in [2.24, 2.45) is 0 Å². The minimum atomic E-state index is -0.509. The molecule has 18 heavy (non-hydrogen) atoms. The summed E-state index contributed by atoms with van der Waals surface area (Å²) in [6.45, 7) is 6.31. The molecule has 0 heterocycles. The van der Waals surface area contributed by atoms with E-state index >= 15 is 0 Å². The van der Waals surface area contributed by atoms with Crippen molar-refractivity contribution in [2.45, 2.75) is 27.7 Å². The zero-order valence-electron chi connectivity index (χ0n) is 11.0. The molecule has 0 aliphatic heterocycles. The Hall–Kier alpha value is -2.10. The van der Waals surface area contributed by atoms with Gasteiger partial charge in [0.25, 0.3) is 0 Å². The van der Waals surface area contributed by atoms with Gasteiger partial charge in [-0.15, -0.1) is 0 Å². The quantitative estimate of drug-likeness (QED) is 0.505. The molecular weight excluding hydrogens is 230 g/mol. The predicted octanol–water partition coefficient (Wildman–Crippen LogP) is 2.79. The third-order valence-corrected chi connectivity index (χ3v) is 2.29. The second kappa shape index (κ2) is 6.00. The summed E-state index contributed by atoms with van der Waals surface area (Å²) in [6.07, 6.45) is 0. The van der Waals surface area contributed by atoms with Gasteiger partial charge in [0.05, 0.1) is 5.70 Å². The van der Waals surface area contributed by atoms with Crippen molar-refractivity contribution in [2.75, 3.05) is 5.32 Å². The highest BCUT2D eigenvalue weighted by Gasteiger charge is 2.12. The van der Waals surface area contributed by atoms with E-state index in [2.05, 4.69) is 5.32 Å². The molecule has 0 spiro atoms. The number of allylic oxidation sites excluding steroid dienone is 2. The number of nitrogens with one attached hydrogen (secondary N) is 1. The van der Waals surface area contributed by atoms with Crippen LogP contribution in [0.1, 0.15) is 26.3 Å². The van der Waals surface area contributed by atoms with E-state index in [-0.39, 0.29) is 11.5 Å². The number of rotatable bonds is 4. The molecule has 0 aliphatic rings. The molecule has 0 fully saturated rings. The number of hydrogen-bond acceptors (Lipinski definition) is 4. The number of Topliss-reactive ketones (excluding diaryl/α,β-unsaturated/α-hetero) is 1. The van der Waals surface area contributed by atoms with Gasteiger partial charge in [0, 0.05) is 19.5 Å². The lowest BCUT2D eigenvalue weighted by Gasteiger charge is -2.11. The second-order valence-corrected chi connectivity index (χ2v) is 4.09. The van der Waals surface area contributed by atoms with Gasteiger partial charge in [-0.3, -0.25) is 9.59 Å². The van der Waals surface area contributed by atoms with Gasteiger partial charge < -0.3 is 10.1 Å². The van der Waals surface area contributed by atoms with E-state index in [1.807, 2.05) is 31.2 Å². The van der Waals surface area contributed by atoms with Crippen LogP contribution in [-0.2, 0) is 14.3 Å². The fourth-order valence-corrected chi connectivity index (χ4v) is 1.47. The molecule has 0 saturated carbocycles. The Morgan fingerprint density at radius 2 is 1.61 bits per heavy atom. The van der Waals surface area contributed by atoms with Crippen LogP contribution in [-0.4, -0.2) is 11.8 Å². The first kappa shape index (κ1) is 14.0. The lowest BCUT2D eigenvalue weighted by atomic mass is 10.2. The van der Waals surface area contributed by atoms with E-state index in [4.69, 9.17) is 4.74 Å². The molecule has 0 aliphatic carbocycles. The Labute approximate surface area is 107 Å².